The van der Waals surface area contributed by atoms with Gasteiger partial charge in [0.1, 0.15) is 17.7 Å². The molecule has 1 heterocycles. The minimum Gasteiger partial charge on any atom is -0.324 e. The number of carbonyl (C=O) groups excluding carboxylic acids is 1. The highest BCUT2D eigenvalue weighted by atomic mass is 32.2. The van der Waals surface area contributed by atoms with Gasteiger partial charge >= 0.3 is 0 Å². The summed E-state index contributed by atoms with van der Waals surface area (Å²) in [5, 5.41) is 2.65. The lowest BCUT2D eigenvalue weighted by Crippen LogP contribution is -2.30. The highest BCUT2D eigenvalue weighted by molar-refractivity contribution is 7.90. The molecule has 0 saturated carbocycles. The number of halogens is 1. The van der Waals surface area contributed by atoms with Gasteiger partial charge in [-0.2, -0.15) is 0 Å². The molecule has 2 aromatic rings. The number of nitrogens with one attached hydrogen (secondary N) is 2. The molecule has 8 heteroatoms. The van der Waals surface area contributed by atoms with Crippen molar-refractivity contribution in [2.75, 3.05) is 5.32 Å². The van der Waals surface area contributed by atoms with Crippen LogP contribution in [-0.2, 0) is 14.8 Å². The van der Waals surface area contributed by atoms with Gasteiger partial charge in [0.2, 0.25) is 5.91 Å². The van der Waals surface area contributed by atoms with E-state index >= 15 is 0 Å². The number of sulfonamides is 1. The van der Waals surface area contributed by atoms with Crippen molar-refractivity contribution in [3.8, 4) is 0 Å². The van der Waals surface area contributed by atoms with Crippen LogP contribution in [0.4, 0.5) is 10.1 Å². The lowest BCUT2D eigenvalue weighted by atomic mass is 10.1. The van der Waals surface area contributed by atoms with E-state index in [2.05, 4.69) is 15.0 Å². The number of amides is 1. The van der Waals surface area contributed by atoms with Crippen LogP contribution in [0, 0.1) is 5.82 Å². The Morgan fingerprint density at radius 1 is 1.22 bits per heavy atom. The van der Waals surface area contributed by atoms with Crippen molar-refractivity contribution in [1.29, 1.82) is 0 Å². The first kappa shape index (κ1) is 19.0. The number of fused-ring (bicyclic) bond motifs is 1. The molecule has 0 bridgehead atoms. The summed E-state index contributed by atoms with van der Waals surface area (Å²) >= 11 is 0. The SMILES string of the molecule is CCCCC(N=C1NS(=O)(=O)c2ccccc21)C(=O)Nc1cccc(F)c1. The fraction of sp³-hybridized carbons (Fsp3) is 0.263. The Kier molecular flexibility index (Phi) is 5.55. The first-order valence-electron chi connectivity index (χ1n) is 8.67. The van der Waals surface area contributed by atoms with Crippen LogP contribution in [0.1, 0.15) is 31.7 Å². The van der Waals surface area contributed by atoms with Gasteiger partial charge in [0, 0.05) is 11.3 Å². The monoisotopic (exact) mass is 389 g/mol. The highest BCUT2D eigenvalue weighted by Crippen LogP contribution is 2.23. The number of anilines is 1. The molecule has 1 atom stereocenters. The van der Waals surface area contributed by atoms with E-state index in [-0.39, 0.29) is 10.7 Å². The number of amidine groups is 1. The Morgan fingerprint density at radius 2 is 2.00 bits per heavy atom. The summed E-state index contributed by atoms with van der Waals surface area (Å²) in [6.07, 6.45) is 2.05. The van der Waals surface area contributed by atoms with Crippen molar-refractivity contribution in [2.24, 2.45) is 4.99 Å². The van der Waals surface area contributed by atoms with E-state index in [4.69, 9.17) is 0 Å². The van der Waals surface area contributed by atoms with Crippen LogP contribution in [0.2, 0.25) is 0 Å². The van der Waals surface area contributed by atoms with Crippen molar-refractivity contribution in [3.05, 3.63) is 59.9 Å². The number of benzene rings is 2. The molecule has 0 saturated heterocycles. The first-order valence-corrected chi connectivity index (χ1v) is 10.2. The third-order valence-corrected chi connectivity index (χ3v) is 5.57. The van der Waals surface area contributed by atoms with E-state index in [0.717, 1.165) is 12.8 Å². The molecule has 1 amide bonds. The summed E-state index contributed by atoms with van der Waals surface area (Å²) in [6, 6.07) is 11.3. The largest absolute Gasteiger partial charge is 0.324 e. The Labute approximate surface area is 157 Å². The summed E-state index contributed by atoms with van der Waals surface area (Å²) in [7, 11) is -3.67. The normalized spacial score (nSPS) is 17.2. The van der Waals surface area contributed by atoms with Gasteiger partial charge in [0.05, 0.1) is 4.90 Å². The van der Waals surface area contributed by atoms with Gasteiger partial charge in [0.15, 0.2) is 0 Å². The highest BCUT2D eigenvalue weighted by Gasteiger charge is 2.31. The van der Waals surface area contributed by atoms with Gasteiger partial charge in [-0.25, -0.2) is 12.8 Å². The molecule has 1 aliphatic rings. The Balaban J connectivity index is 1.89. The second-order valence-corrected chi connectivity index (χ2v) is 7.89. The maximum atomic E-state index is 13.3. The molecular formula is C19H20FN3O3S. The number of unbranched alkanes of at least 4 members (excludes halogenated alkanes) is 1. The molecule has 0 radical (unpaired) electrons. The third-order valence-electron chi connectivity index (χ3n) is 4.17. The predicted molar refractivity (Wildman–Crippen MR) is 102 cm³/mol. The molecule has 2 aromatic carbocycles. The summed E-state index contributed by atoms with van der Waals surface area (Å²) < 4.78 is 40.2. The number of carbonyl (C=O) groups is 1. The van der Waals surface area contributed by atoms with Crippen LogP contribution in [0.5, 0.6) is 0 Å². The molecule has 27 heavy (non-hydrogen) atoms. The molecule has 2 N–H and O–H groups in total. The smallest absolute Gasteiger partial charge is 0.263 e. The van der Waals surface area contributed by atoms with Gasteiger partial charge < -0.3 is 5.32 Å². The molecule has 3 rings (SSSR count). The Hall–Kier alpha value is -2.74. The zero-order valence-electron chi connectivity index (χ0n) is 14.8. The zero-order chi connectivity index (χ0) is 19.4. The van der Waals surface area contributed by atoms with Crippen molar-refractivity contribution in [2.45, 2.75) is 37.1 Å². The third kappa shape index (κ3) is 4.33. The average Bonchev–Trinajstić information content (AvgIpc) is 2.89. The fourth-order valence-electron chi connectivity index (χ4n) is 2.83. The van der Waals surface area contributed by atoms with E-state index in [9.17, 15) is 17.6 Å². The molecule has 6 nitrogen and oxygen atoms in total. The second kappa shape index (κ2) is 7.87. The average molecular weight is 389 g/mol. The van der Waals surface area contributed by atoms with Crippen LogP contribution in [0.15, 0.2) is 58.4 Å². The quantitative estimate of drug-likeness (QED) is 0.796. The van der Waals surface area contributed by atoms with Crippen LogP contribution in [-0.4, -0.2) is 26.2 Å². The van der Waals surface area contributed by atoms with Crippen molar-refractivity contribution in [1.82, 2.24) is 4.72 Å². The van der Waals surface area contributed by atoms with Gasteiger partial charge in [0.25, 0.3) is 10.0 Å². The second-order valence-electron chi connectivity index (χ2n) is 6.24. The number of hydrogen-bond donors (Lipinski definition) is 2. The molecule has 1 aliphatic heterocycles. The van der Waals surface area contributed by atoms with Crippen LogP contribution in [0.3, 0.4) is 0 Å². The van der Waals surface area contributed by atoms with Gasteiger partial charge in [-0.05, 0) is 36.8 Å². The van der Waals surface area contributed by atoms with Gasteiger partial charge in [-0.15, -0.1) is 0 Å². The molecular weight excluding hydrogens is 369 g/mol. The number of nitrogens with zero attached hydrogens (tertiary/aromatic N) is 1. The Bertz CT molecular complexity index is 989. The summed E-state index contributed by atoms with van der Waals surface area (Å²) in [4.78, 5) is 17.2. The number of aliphatic imine (C=N–C) groups is 1. The van der Waals surface area contributed by atoms with E-state index in [1.165, 1.54) is 24.3 Å². The number of hydrogen-bond acceptors (Lipinski definition) is 4. The molecule has 0 spiro atoms. The minimum atomic E-state index is -3.67. The fourth-order valence-corrected chi connectivity index (χ4v) is 4.07. The first-order chi connectivity index (χ1) is 12.9. The van der Waals surface area contributed by atoms with Crippen molar-refractivity contribution >= 4 is 27.5 Å². The van der Waals surface area contributed by atoms with E-state index in [1.54, 1.807) is 24.3 Å². The van der Waals surface area contributed by atoms with Gasteiger partial charge in [-0.1, -0.05) is 38.0 Å². The minimum absolute atomic E-state index is 0.142. The van der Waals surface area contributed by atoms with Crippen LogP contribution in [0.25, 0.3) is 0 Å². The maximum absolute atomic E-state index is 13.3. The Morgan fingerprint density at radius 3 is 2.74 bits per heavy atom. The number of rotatable bonds is 6. The lowest BCUT2D eigenvalue weighted by molar-refractivity contribution is -0.117. The molecule has 0 fully saturated rings. The topological polar surface area (TPSA) is 87.6 Å². The predicted octanol–water partition coefficient (Wildman–Crippen LogP) is 3.06. The van der Waals surface area contributed by atoms with Crippen LogP contribution < -0.4 is 10.0 Å². The summed E-state index contributed by atoms with van der Waals surface area (Å²) in [5.74, 6) is -0.715. The lowest BCUT2D eigenvalue weighted by Gasteiger charge is -2.14. The summed E-state index contributed by atoms with van der Waals surface area (Å²) in [6.45, 7) is 1.99. The van der Waals surface area contributed by atoms with E-state index in [1.807, 2.05) is 6.92 Å². The van der Waals surface area contributed by atoms with Crippen molar-refractivity contribution < 1.29 is 17.6 Å². The molecule has 0 aliphatic carbocycles. The molecule has 0 aromatic heterocycles. The van der Waals surface area contributed by atoms with Gasteiger partial charge in [-0.3, -0.25) is 14.5 Å². The molecule has 1 unspecified atom stereocenters. The van der Waals surface area contributed by atoms with E-state index in [0.29, 0.717) is 17.7 Å². The zero-order valence-corrected chi connectivity index (χ0v) is 15.6. The van der Waals surface area contributed by atoms with E-state index < -0.39 is 27.8 Å². The van der Waals surface area contributed by atoms with Crippen LogP contribution >= 0.6 is 0 Å². The molecule has 142 valence electrons. The maximum Gasteiger partial charge on any atom is 0.263 e. The summed E-state index contributed by atoms with van der Waals surface area (Å²) in [5.41, 5.74) is 0.770. The van der Waals surface area contributed by atoms with Crippen molar-refractivity contribution in [3.63, 3.8) is 0 Å². The standard InChI is InChI=1S/C19H20FN3O3S/c1-2-3-10-16(19(24)21-14-8-6-7-13(20)12-14)22-18-15-9-4-5-11-17(15)27(25,26)23-18/h4-9,11-12,16H,2-3,10H2,1H3,(H,21,24)(H,22,23).